The van der Waals surface area contributed by atoms with Crippen molar-refractivity contribution in [2.24, 2.45) is 0 Å². The van der Waals surface area contributed by atoms with Crippen LogP contribution in [0.4, 0.5) is 4.39 Å². The van der Waals surface area contributed by atoms with Gasteiger partial charge in [0.15, 0.2) is 0 Å². The Morgan fingerprint density at radius 3 is 2.79 bits per heavy atom. The van der Waals surface area contributed by atoms with Crippen molar-refractivity contribution in [2.45, 2.75) is 25.9 Å². The fourth-order valence-electron chi connectivity index (χ4n) is 3.16. The maximum Gasteiger partial charge on any atom is 0.339 e. The van der Waals surface area contributed by atoms with Crippen LogP contribution in [-0.2, 0) is 11.2 Å². The second-order valence-electron chi connectivity index (χ2n) is 6.73. The molecule has 3 rings (SSSR count). The van der Waals surface area contributed by atoms with Gasteiger partial charge in [0, 0.05) is 30.0 Å². The molecule has 1 heterocycles. The number of carbonyl (C=O) groups is 1. The van der Waals surface area contributed by atoms with Crippen LogP contribution < -0.4 is 15.7 Å². The molecule has 1 atom stereocenters. The molecule has 0 saturated heterocycles. The molecule has 0 bridgehead atoms. The van der Waals surface area contributed by atoms with Crippen LogP contribution in [0.15, 0.2) is 51.7 Å². The molecule has 0 aliphatic rings. The number of rotatable bonds is 7. The summed E-state index contributed by atoms with van der Waals surface area (Å²) in [6.45, 7) is 1.76. The van der Waals surface area contributed by atoms with Crippen molar-refractivity contribution in [3.63, 3.8) is 0 Å². The first-order chi connectivity index (χ1) is 13.9. The minimum Gasteiger partial charge on any atom is -0.497 e. The van der Waals surface area contributed by atoms with E-state index in [1.807, 2.05) is 13.0 Å². The van der Waals surface area contributed by atoms with Gasteiger partial charge in [-0.3, -0.25) is 4.79 Å². The molecule has 1 aromatic heterocycles. The van der Waals surface area contributed by atoms with Crippen LogP contribution in [0.5, 0.6) is 5.75 Å². The summed E-state index contributed by atoms with van der Waals surface area (Å²) in [5.41, 5.74) is 1.51. The van der Waals surface area contributed by atoms with Crippen LogP contribution in [0.3, 0.4) is 0 Å². The van der Waals surface area contributed by atoms with E-state index in [4.69, 9.17) is 9.15 Å². The zero-order chi connectivity index (χ0) is 21.0. The third kappa shape index (κ3) is 4.81. The molecular weight excluding hydrogens is 377 g/mol. The van der Waals surface area contributed by atoms with Gasteiger partial charge in [-0.15, -0.1) is 0 Å². The Balaban J connectivity index is 1.64. The Labute approximate surface area is 166 Å². The van der Waals surface area contributed by atoms with Crippen LogP contribution in [0.1, 0.15) is 29.2 Å². The van der Waals surface area contributed by atoms with E-state index in [-0.39, 0.29) is 25.3 Å². The van der Waals surface area contributed by atoms with Crippen LogP contribution in [0.25, 0.3) is 11.0 Å². The average Bonchev–Trinajstić information content (AvgIpc) is 2.71. The minimum absolute atomic E-state index is 0.0482. The summed E-state index contributed by atoms with van der Waals surface area (Å²) in [6, 6.07) is 10.8. The first-order valence-corrected chi connectivity index (χ1v) is 9.19. The molecule has 0 spiro atoms. The van der Waals surface area contributed by atoms with Gasteiger partial charge in [-0.25, -0.2) is 9.18 Å². The van der Waals surface area contributed by atoms with Gasteiger partial charge < -0.3 is 19.6 Å². The largest absolute Gasteiger partial charge is 0.497 e. The fraction of sp³-hybridized carbons (Fsp3) is 0.273. The highest BCUT2D eigenvalue weighted by Crippen LogP contribution is 2.24. The summed E-state index contributed by atoms with van der Waals surface area (Å²) in [5.74, 6) is -0.192. The molecule has 7 heteroatoms. The monoisotopic (exact) mass is 399 g/mol. The molecule has 1 amide bonds. The molecule has 29 heavy (non-hydrogen) atoms. The summed E-state index contributed by atoms with van der Waals surface area (Å²) < 4.78 is 23.7. The summed E-state index contributed by atoms with van der Waals surface area (Å²) in [7, 11) is 1.53. The van der Waals surface area contributed by atoms with Gasteiger partial charge in [0.2, 0.25) is 5.91 Å². The molecule has 0 aliphatic carbocycles. The number of hydrogen-bond donors (Lipinski definition) is 2. The Morgan fingerprint density at radius 2 is 2.07 bits per heavy atom. The Kier molecular flexibility index (Phi) is 6.29. The van der Waals surface area contributed by atoms with E-state index in [9.17, 15) is 19.1 Å². The van der Waals surface area contributed by atoms with Crippen molar-refractivity contribution in [3.05, 3.63) is 75.4 Å². The number of methoxy groups -OCH3 is 1. The molecule has 3 aromatic rings. The van der Waals surface area contributed by atoms with Gasteiger partial charge in [0.1, 0.15) is 17.1 Å². The molecule has 1 unspecified atom stereocenters. The number of benzene rings is 2. The maximum atomic E-state index is 13.2. The number of amides is 1. The fourth-order valence-corrected chi connectivity index (χ4v) is 3.16. The number of nitrogens with one attached hydrogen (secondary N) is 1. The van der Waals surface area contributed by atoms with Crippen LogP contribution in [0.2, 0.25) is 0 Å². The lowest BCUT2D eigenvalue weighted by Crippen LogP contribution is -2.29. The number of aliphatic hydroxyl groups is 1. The molecule has 0 aliphatic heterocycles. The zero-order valence-electron chi connectivity index (χ0n) is 16.2. The third-order valence-corrected chi connectivity index (χ3v) is 4.82. The highest BCUT2D eigenvalue weighted by molar-refractivity contribution is 5.82. The van der Waals surface area contributed by atoms with Gasteiger partial charge in [0.05, 0.1) is 13.2 Å². The number of carbonyl (C=O) groups excluding carboxylic acids is 1. The van der Waals surface area contributed by atoms with Crippen LogP contribution in [0, 0.1) is 12.7 Å². The van der Waals surface area contributed by atoms with Crippen LogP contribution >= 0.6 is 0 Å². The first kappa shape index (κ1) is 20.5. The molecule has 6 nitrogen and oxygen atoms in total. The van der Waals surface area contributed by atoms with Crippen molar-refractivity contribution in [2.75, 3.05) is 13.7 Å². The second kappa shape index (κ2) is 8.87. The number of aryl methyl sites for hydroxylation is 1. The third-order valence-electron chi connectivity index (χ3n) is 4.82. The molecule has 2 aromatic carbocycles. The number of ether oxygens (including phenoxy) is 1. The Bertz CT molecular complexity index is 1090. The number of halogens is 1. The van der Waals surface area contributed by atoms with E-state index in [0.717, 1.165) is 10.9 Å². The predicted molar refractivity (Wildman–Crippen MR) is 106 cm³/mol. The summed E-state index contributed by atoms with van der Waals surface area (Å²) in [6.07, 6.45) is -0.752. The number of aliphatic hydroxyl groups excluding tert-OH is 1. The standard InChI is InChI=1S/C22H22FNO5/c1-13-17-7-6-16(28-2)11-20(17)29-22(27)18(13)8-9-21(26)24-12-19(25)14-4-3-5-15(23)10-14/h3-7,10-11,19,25H,8-9,12H2,1-2H3,(H,24,26). The molecule has 2 N–H and O–H groups in total. The molecule has 0 radical (unpaired) electrons. The van der Waals surface area contributed by atoms with E-state index >= 15 is 0 Å². The van der Waals surface area contributed by atoms with E-state index < -0.39 is 17.5 Å². The molecule has 152 valence electrons. The van der Waals surface area contributed by atoms with Crippen LogP contribution in [-0.4, -0.2) is 24.7 Å². The van der Waals surface area contributed by atoms with E-state index in [2.05, 4.69) is 5.32 Å². The predicted octanol–water partition coefficient (Wildman–Crippen LogP) is 3.03. The van der Waals surface area contributed by atoms with Crippen molar-refractivity contribution in [1.29, 1.82) is 0 Å². The number of fused-ring (bicyclic) bond motifs is 1. The summed E-state index contributed by atoms with van der Waals surface area (Å²) in [5, 5.41) is 13.5. The maximum absolute atomic E-state index is 13.2. The minimum atomic E-state index is -1.02. The lowest BCUT2D eigenvalue weighted by molar-refractivity contribution is -0.121. The molecule has 0 saturated carbocycles. The SMILES string of the molecule is COc1ccc2c(C)c(CCC(=O)NCC(O)c3cccc(F)c3)c(=O)oc2c1. The average molecular weight is 399 g/mol. The Hall–Kier alpha value is -3.19. The summed E-state index contributed by atoms with van der Waals surface area (Å²) in [4.78, 5) is 24.5. The number of hydrogen-bond acceptors (Lipinski definition) is 5. The molecule has 0 fully saturated rings. The van der Waals surface area contributed by atoms with Gasteiger partial charge in [0.25, 0.3) is 0 Å². The highest BCUT2D eigenvalue weighted by Gasteiger charge is 2.15. The van der Waals surface area contributed by atoms with Crippen molar-refractivity contribution >= 4 is 16.9 Å². The van der Waals surface area contributed by atoms with E-state index in [1.54, 1.807) is 18.2 Å². The van der Waals surface area contributed by atoms with Gasteiger partial charge in [-0.2, -0.15) is 0 Å². The van der Waals surface area contributed by atoms with E-state index in [0.29, 0.717) is 22.5 Å². The smallest absolute Gasteiger partial charge is 0.339 e. The van der Waals surface area contributed by atoms with Gasteiger partial charge in [-0.05, 0) is 48.7 Å². The van der Waals surface area contributed by atoms with Crippen molar-refractivity contribution in [3.8, 4) is 5.75 Å². The molecular formula is C22H22FNO5. The van der Waals surface area contributed by atoms with Gasteiger partial charge in [-0.1, -0.05) is 12.1 Å². The van der Waals surface area contributed by atoms with Gasteiger partial charge >= 0.3 is 5.63 Å². The normalized spacial score (nSPS) is 12.0. The van der Waals surface area contributed by atoms with E-state index in [1.165, 1.54) is 25.3 Å². The lowest BCUT2D eigenvalue weighted by atomic mass is 10.0. The second-order valence-corrected chi connectivity index (χ2v) is 6.73. The summed E-state index contributed by atoms with van der Waals surface area (Å²) >= 11 is 0. The van der Waals surface area contributed by atoms with Crippen molar-refractivity contribution in [1.82, 2.24) is 5.32 Å². The quantitative estimate of drug-likeness (QED) is 0.596. The van der Waals surface area contributed by atoms with Crippen molar-refractivity contribution < 1.29 is 23.4 Å². The first-order valence-electron chi connectivity index (χ1n) is 9.19. The lowest BCUT2D eigenvalue weighted by Gasteiger charge is -2.13. The zero-order valence-corrected chi connectivity index (χ0v) is 16.2. The highest BCUT2D eigenvalue weighted by atomic mass is 19.1. The topological polar surface area (TPSA) is 88.8 Å². The Morgan fingerprint density at radius 1 is 1.28 bits per heavy atom.